The van der Waals surface area contributed by atoms with Crippen molar-refractivity contribution >= 4 is 11.6 Å². The zero-order valence-electron chi connectivity index (χ0n) is 15.8. The van der Waals surface area contributed by atoms with Crippen LogP contribution in [0.3, 0.4) is 0 Å². The molecule has 4 rings (SSSR count). The van der Waals surface area contributed by atoms with Gasteiger partial charge in [0.05, 0.1) is 0 Å². The number of carbonyl (C=O) groups is 1. The van der Waals surface area contributed by atoms with Crippen LogP contribution in [-0.4, -0.2) is 56.9 Å². The van der Waals surface area contributed by atoms with Gasteiger partial charge in [0, 0.05) is 38.2 Å². The van der Waals surface area contributed by atoms with E-state index in [0.717, 1.165) is 50.5 Å². The maximum absolute atomic E-state index is 12.4. The first-order valence-electron chi connectivity index (χ1n) is 9.72. The molecule has 2 fully saturated rings. The monoisotopic (exact) mass is 369 g/mol. The summed E-state index contributed by atoms with van der Waals surface area (Å²) >= 11 is 0. The normalized spacial score (nSPS) is 21.9. The van der Waals surface area contributed by atoms with Crippen LogP contribution in [0.15, 0.2) is 30.3 Å². The van der Waals surface area contributed by atoms with Gasteiger partial charge in [0.1, 0.15) is 12.4 Å². The smallest absolute Gasteiger partial charge is 0.227 e. The highest BCUT2D eigenvalue weighted by atomic mass is 16.3. The number of nitrogens with zero attached hydrogens (tertiary/aromatic N) is 5. The number of para-hydroxylation sites is 1. The summed E-state index contributed by atoms with van der Waals surface area (Å²) in [5.41, 5.74) is 1.01. The number of piperidine rings is 1. The number of carbonyl (C=O) groups excluding carboxylic acids is 1. The van der Waals surface area contributed by atoms with Gasteiger partial charge in [-0.3, -0.25) is 4.79 Å². The molecule has 1 atom stereocenters. The summed E-state index contributed by atoms with van der Waals surface area (Å²) < 4.78 is 1.92. The summed E-state index contributed by atoms with van der Waals surface area (Å²) in [6, 6.07) is 9.96. The molecule has 1 aromatic heterocycles. The fourth-order valence-electron chi connectivity index (χ4n) is 4.37. The van der Waals surface area contributed by atoms with Crippen molar-refractivity contribution in [2.24, 2.45) is 13.0 Å². The van der Waals surface area contributed by atoms with Gasteiger partial charge < -0.3 is 19.5 Å². The Kier molecular flexibility index (Phi) is 5.22. The summed E-state index contributed by atoms with van der Waals surface area (Å²) in [6.07, 6.45) is 2.72. The molecule has 7 heteroatoms. The van der Waals surface area contributed by atoms with E-state index in [4.69, 9.17) is 0 Å². The fourth-order valence-corrected chi connectivity index (χ4v) is 4.37. The standard InChI is InChI=1S/C20H27N5O2/c1-23-18(14-26)21-22-20(23)16-7-9-24(10-8-16)12-15-11-19(27)25(13-15)17-5-3-2-4-6-17/h2-6,15-16,26H,7-14H2,1H3/t15-/m0/s1. The number of rotatable bonds is 5. The van der Waals surface area contributed by atoms with Gasteiger partial charge in [-0.25, -0.2) is 0 Å². The van der Waals surface area contributed by atoms with E-state index in [2.05, 4.69) is 15.1 Å². The topological polar surface area (TPSA) is 74.5 Å². The molecule has 27 heavy (non-hydrogen) atoms. The molecule has 0 radical (unpaired) electrons. The SMILES string of the molecule is Cn1c(CO)nnc1C1CCN(C[C@@H]2CC(=O)N(c3ccccc3)C2)CC1. The van der Waals surface area contributed by atoms with E-state index < -0.39 is 0 Å². The van der Waals surface area contributed by atoms with Crippen LogP contribution in [0.1, 0.15) is 36.8 Å². The van der Waals surface area contributed by atoms with Crippen molar-refractivity contribution in [3.05, 3.63) is 42.0 Å². The molecular formula is C20H27N5O2. The third kappa shape index (κ3) is 3.75. The first-order valence-corrected chi connectivity index (χ1v) is 9.72. The van der Waals surface area contributed by atoms with Crippen LogP contribution in [-0.2, 0) is 18.4 Å². The second-order valence-electron chi connectivity index (χ2n) is 7.68. The van der Waals surface area contributed by atoms with Gasteiger partial charge in [-0.05, 0) is 44.0 Å². The number of benzene rings is 1. The van der Waals surface area contributed by atoms with E-state index in [9.17, 15) is 9.90 Å². The molecule has 7 nitrogen and oxygen atoms in total. The van der Waals surface area contributed by atoms with Crippen LogP contribution in [0.25, 0.3) is 0 Å². The van der Waals surface area contributed by atoms with E-state index in [1.165, 1.54) is 0 Å². The predicted octanol–water partition coefficient (Wildman–Crippen LogP) is 1.54. The Bertz CT molecular complexity index is 783. The molecule has 0 unspecified atom stereocenters. The largest absolute Gasteiger partial charge is 0.388 e. The lowest BCUT2D eigenvalue weighted by Gasteiger charge is -2.33. The number of aromatic nitrogens is 3. The minimum Gasteiger partial charge on any atom is -0.388 e. The Balaban J connectivity index is 1.31. The van der Waals surface area contributed by atoms with Gasteiger partial charge in [0.2, 0.25) is 5.91 Å². The molecule has 1 amide bonds. The summed E-state index contributed by atoms with van der Waals surface area (Å²) in [4.78, 5) is 16.8. The van der Waals surface area contributed by atoms with Crippen molar-refractivity contribution in [1.82, 2.24) is 19.7 Å². The highest BCUT2D eigenvalue weighted by Gasteiger charge is 2.33. The average Bonchev–Trinajstić information content (AvgIpc) is 3.25. The van der Waals surface area contributed by atoms with Crippen molar-refractivity contribution in [3.63, 3.8) is 0 Å². The van der Waals surface area contributed by atoms with Gasteiger partial charge >= 0.3 is 0 Å². The van der Waals surface area contributed by atoms with Crippen LogP contribution >= 0.6 is 0 Å². The quantitative estimate of drug-likeness (QED) is 0.865. The molecule has 144 valence electrons. The third-order valence-corrected chi connectivity index (χ3v) is 5.88. The van der Waals surface area contributed by atoms with Gasteiger partial charge in [-0.2, -0.15) is 0 Å². The molecule has 1 N–H and O–H groups in total. The Morgan fingerprint density at radius 2 is 1.89 bits per heavy atom. The van der Waals surface area contributed by atoms with Crippen molar-refractivity contribution in [1.29, 1.82) is 0 Å². The summed E-state index contributed by atoms with van der Waals surface area (Å²) in [6.45, 7) is 3.74. The average molecular weight is 369 g/mol. The van der Waals surface area contributed by atoms with Crippen molar-refractivity contribution in [3.8, 4) is 0 Å². The molecule has 2 aliphatic rings. The first kappa shape index (κ1) is 18.1. The minimum atomic E-state index is -0.0734. The van der Waals surface area contributed by atoms with Gasteiger partial charge in [-0.1, -0.05) is 18.2 Å². The van der Waals surface area contributed by atoms with E-state index in [1.807, 2.05) is 46.8 Å². The molecule has 3 heterocycles. The summed E-state index contributed by atoms with van der Waals surface area (Å²) in [5, 5.41) is 17.6. The number of aliphatic hydroxyl groups is 1. The van der Waals surface area contributed by atoms with Crippen LogP contribution in [0.5, 0.6) is 0 Å². The molecule has 0 spiro atoms. The second kappa shape index (κ2) is 7.78. The first-order chi connectivity index (χ1) is 13.2. The van der Waals surface area contributed by atoms with Crippen molar-refractivity contribution < 1.29 is 9.90 Å². The van der Waals surface area contributed by atoms with Gasteiger partial charge in [0.25, 0.3) is 0 Å². The molecule has 2 aliphatic heterocycles. The molecule has 0 bridgehead atoms. The van der Waals surface area contributed by atoms with Crippen molar-refractivity contribution in [2.75, 3.05) is 31.1 Å². The van der Waals surface area contributed by atoms with E-state index in [0.29, 0.717) is 24.1 Å². The molecule has 2 aromatic rings. The highest BCUT2D eigenvalue weighted by Crippen LogP contribution is 2.29. The second-order valence-corrected chi connectivity index (χ2v) is 7.68. The van der Waals surface area contributed by atoms with Crippen molar-refractivity contribution in [2.45, 2.75) is 31.8 Å². The Labute approximate surface area is 159 Å². The number of hydrogen-bond donors (Lipinski definition) is 1. The van der Waals surface area contributed by atoms with E-state index >= 15 is 0 Å². The zero-order chi connectivity index (χ0) is 18.8. The minimum absolute atomic E-state index is 0.0734. The van der Waals surface area contributed by atoms with Gasteiger partial charge in [-0.15, -0.1) is 10.2 Å². The highest BCUT2D eigenvalue weighted by molar-refractivity contribution is 5.95. The maximum Gasteiger partial charge on any atom is 0.227 e. The molecule has 2 saturated heterocycles. The Hall–Kier alpha value is -2.25. The number of likely N-dealkylation sites (tertiary alicyclic amines) is 1. The van der Waals surface area contributed by atoms with Crippen LogP contribution in [0.2, 0.25) is 0 Å². The Morgan fingerprint density at radius 3 is 2.56 bits per heavy atom. The lowest BCUT2D eigenvalue weighted by atomic mass is 9.95. The van der Waals surface area contributed by atoms with E-state index in [-0.39, 0.29) is 12.5 Å². The van der Waals surface area contributed by atoms with Gasteiger partial charge in [0.15, 0.2) is 5.82 Å². The predicted molar refractivity (Wildman–Crippen MR) is 102 cm³/mol. The molecule has 0 saturated carbocycles. The molecular weight excluding hydrogens is 342 g/mol. The number of aliphatic hydroxyl groups excluding tert-OH is 1. The summed E-state index contributed by atoms with van der Waals surface area (Å²) in [7, 11) is 1.93. The Morgan fingerprint density at radius 1 is 1.15 bits per heavy atom. The van der Waals surface area contributed by atoms with Crippen LogP contribution < -0.4 is 4.90 Å². The third-order valence-electron chi connectivity index (χ3n) is 5.88. The lowest BCUT2D eigenvalue weighted by molar-refractivity contribution is -0.117. The number of amides is 1. The zero-order valence-corrected chi connectivity index (χ0v) is 15.8. The lowest BCUT2D eigenvalue weighted by Crippen LogP contribution is -2.37. The molecule has 0 aliphatic carbocycles. The maximum atomic E-state index is 12.4. The fraction of sp³-hybridized carbons (Fsp3) is 0.550. The molecule has 1 aromatic carbocycles. The number of hydrogen-bond acceptors (Lipinski definition) is 5. The van der Waals surface area contributed by atoms with Crippen LogP contribution in [0, 0.1) is 5.92 Å². The van der Waals surface area contributed by atoms with E-state index in [1.54, 1.807) is 0 Å². The number of anilines is 1. The summed E-state index contributed by atoms with van der Waals surface area (Å²) in [5.74, 6) is 2.62. The van der Waals surface area contributed by atoms with Crippen LogP contribution in [0.4, 0.5) is 5.69 Å².